The van der Waals surface area contributed by atoms with Gasteiger partial charge in [-0.05, 0) is 43.0 Å². The number of aryl methyl sites for hydroxylation is 1. The molecule has 0 saturated carbocycles. The summed E-state index contributed by atoms with van der Waals surface area (Å²) in [5.41, 5.74) is 8.19. The second-order valence-corrected chi connectivity index (χ2v) is 7.62. The van der Waals surface area contributed by atoms with Gasteiger partial charge in [0.2, 0.25) is 0 Å². The first kappa shape index (κ1) is 22.1. The largest absolute Gasteiger partial charge is 0.383 e. The molecule has 0 bridgehead atoms. The van der Waals surface area contributed by atoms with Crippen LogP contribution in [0.3, 0.4) is 0 Å². The SMILES string of the molecule is CCCCn1c(N)c(N(Cc2ccccc2)C(=O)c2cccc(C)c2C)c(=O)[nH]c1=O. The molecular formula is C24H28N4O3. The van der Waals surface area contributed by atoms with Gasteiger partial charge in [-0.15, -0.1) is 0 Å². The fourth-order valence-corrected chi connectivity index (χ4v) is 3.52. The summed E-state index contributed by atoms with van der Waals surface area (Å²) in [7, 11) is 0. The summed E-state index contributed by atoms with van der Waals surface area (Å²) in [6.45, 7) is 6.31. The molecule has 1 heterocycles. The molecule has 31 heavy (non-hydrogen) atoms. The number of rotatable bonds is 7. The van der Waals surface area contributed by atoms with Gasteiger partial charge in [-0.1, -0.05) is 55.8 Å². The van der Waals surface area contributed by atoms with Crippen LogP contribution in [0.4, 0.5) is 11.5 Å². The molecular weight excluding hydrogens is 392 g/mol. The van der Waals surface area contributed by atoms with E-state index in [1.807, 2.05) is 63.2 Å². The summed E-state index contributed by atoms with van der Waals surface area (Å²) in [4.78, 5) is 42.6. The fourth-order valence-electron chi connectivity index (χ4n) is 3.52. The molecule has 0 aliphatic heterocycles. The van der Waals surface area contributed by atoms with Gasteiger partial charge in [0.1, 0.15) is 5.82 Å². The lowest BCUT2D eigenvalue weighted by Gasteiger charge is -2.25. The molecule has 3 aromatic rings. The number of amides is 1. The van der Waals surface area contributed by atoms with Crippen molar-refractivity contribution in [3.05, 3.63) is 91.6 Å². The van der Waals surface area contributed by atoms with Crippen molar-refractivity contribution >= 4 is 17.4 Å². The van der Waals surface area contributed by atoms with Crippen molar-refractivity contribution in [2.75, 3.05) is 10.6 Å². The molecule has 162 valence electrons. The first-order chi connectivity index (χ1) is 14.8. The number of hydrogen-bond donors (Lipinski definition) is 2. The molecule has 0 atom stereocenters. The standard InChI is InChI=1S/C24H28N4O3/c1-4-5-14-27-21(25)20(22(29)26-24(27)31)28(15-18-11-7-6-8-12-18)23(30)19-13-9-10-16(2)17(19)3/h6-13H,4-5,14-15,25H2,1-3H3,(H,26,29,31). The topological polar surface area (TPSA) is 101 Å². The van der Waals surface area contributed by atoms with Crippen LogP contribution >= 0.6 is 0 Å². The van der Waals surface area contributed by atoms with Crippen LogP contribution in [0, 0.1) is 13.8 Å². The Bertz CT molecular complexity index is 1200. The van der Waals surface area contributed by atoms with Crippen LogP contribution < -0.4 is 21.9 Å². The van der Waals surface area contributed by atoms with E-state index in [1.54, 1.807) is 6.07 Å². The molecule has 7 nitrogen and oxygen atoms in total. The molecule has 0 spiro atoms. The maximum Gasteiger partial charge on any atom is 0.330 e. The van der Waals surface area contributed by atoms with Crippen LogP contribution in [-0.4, -0.2) is 15.5 Å². The van der Waals surface area contributed by atoms with Crippen LogP contribution in [0.1, 0.15) is 46.8 Å². The van der Waals surface area contributed by atoms with Crippen molar-refractivity contribution in [1.82, 2.24) is 9.55 Å². The molecule has 0 aliphatic carbocycles. The molecule has 0 radical (unpaired) electrons. The van der Waals surface area contributed by atoms with Crippen molar-refractivity contribution in [1.29, 1.82) is 0 Å². The Labute approximate surface area is 181 Å². The Balaban J connectivity index is 2.19. The summed E-state index contributed by atoms with van der Waals surface area (Å²) in [5.74, 6) is -0.347. The minimum Gasteiger partial charge on any atom is -0.383 e. The van der Waals surface area contributed by atoms with E-state index in [0.717, 1.165) is 29.5 Å². The minimum absolute atomic E-state index is 0.00297. The first-order valence-electron chi connectivity index (χ1n) is 10.4. The number of aromatic nitrogens is 2. The van der Waals surface area contributed by atoms with Crippen LogP contribution in [0.25, 0.3) is 0 Å². The number of carbonyl (C=O) groups excluding carboxylic acids is 1. The van der Waals surface area contributed by atoms with Gasteiger partial charge in [0.15, 0.2) is 5.69 Å². The van der Waals surface area contributed by atoms with Gasteiger partial charge in [0, 0.05) is 12.1 Å². The summed E-state index contributed by atoms with van der Waals surface area (Å²) in [5, 5.41) is 0. The average molecular weight is 421 g/mol. The summed E-state index contributed by atoms with van der Waals surface area (Å²) >= 11 is 0. The normalized spacial score (nSPS) is 10.8. The number of nitrogens with zero attached hydrogens (tertiary/aromatic N) is 2. The Kier molecular flexibility index (Phi) is 6.74. The first-order valence-corrected chi connectivity index (χ1v) is 10.4. The highest BCUT2D eigenvalue weighted by Crippen LogP contribution is 2.24. The molecule has 7 heteroatoms. The Morgan fingerprint density at radius 2 is 1.77 bits per heavy atom. The van der Waals surface area contributed by atoms with Gasteiger partial charge in [-0.25, -0.2) is 4.79 Å². The van der Waals surface area contributed by atoms with Crippen LogP contribution in [0.2, 0.25) is 0 Å². The van der Waals surface area contributed by atoms with Gasteiger partial charge in [0.25, 0.3) is 11.5 Å². The highest BCUT2D eigenvalue weighted by atomic mass is 16.2. The number of nitrogens with two attached hydrogens (primary N) is 1. The zero-order valence-electron chi connectivity index (χ0n) is 18.1. The fraction of sp³-hybridized carbons (Fsp3) is 0.292. The molecule has 3 rings (SSSR count). The maximum atomic E-state index is 13.7. The number of benzene rings is 2. The van der Waals surface area contributed by atoms with E-state index < -0.39 is 11.2 Å². The van der Waals surface area contributed by atoms with E-state index in [1.165, 1.54) is 9.47 Å². The summed E-state index contributed by atoms with van der Waals surface area (Å²) in [6.07, 6.45) is 1.58. The smallest absolute Gasteiger partial charge is 0.330 e. The van der Waals surface area contributed by atoms with Crippen molar-refractivity contribution < 1.29 is 4.79 Å². The number of unbranched alkanes of at least 4 members (excludes halogenated alkanes) is 1. The highest BCUT2D eigenvalue weighted by molar-refractivity contribution is 6.08. The molecule has 0 fully saturated rings. The quantitative estimate of drug-likeness (QED) is 0.612. The van der Waals surface area contributed by atoms with E-state index in [0.29, 0.717) is 12.1 Å². The predicted molar refractivity (Wildman–Crippen MR) is 124 cm³/mol. The second kappa shape index (κ2) is 9.47. The number of carbonyl (C=O) groups is 1. The van der Waals surface area contributed by atoms with Crippen LogP contribution in [0.5, 0.6) is 0 Å². The van der Waals surface area contributed by atoms with Gasteiger partial charge in [-0.3, -0.25) is 24.0 Å². The van der Waals surface area contributed by atoms with E-state index in [9.17, 15) is 14.4 Å². The van der Waals surface area contributed by atoms with E-state index in [2.05, 4.69) is 4.98 Å². The lowest BCUT2D eigenvalue weighted by molar-refractivity contribution is 0.0984. The Morgan fingerprint density at radius 3 is 2.45 bits per heavy atom. The van der Waals surface area contributed by atoms with Gasteiger partial charge in [0.05, 0.1) is 6.54 Å². The molecule has 0 unspecified atom stereocenters. The maximum absolute atomic E-state index is 13.7. The van der Waals surface area contributed by atoms with Gasteiger partial charge in [-0.2, -0.15) is 0 Å². The second-order valence-electron chi connectivity index (χ2n) is 7.62. The zero-order valence-corrected chi connectivity index (χ0v) is 18.1. The predicted octanol–water partition coefficient (Wildman–Crippen LogP) is 3.38. The molecule has 3 N–H and O–H groups in total. The monoisotopic (exact) mass is 420 g/mol. The molecule has 0 aliphatic rings. The Hall–Kier alpha value is -3.61. The third kappa shape index (κ3) is 4.60. The molecule has 2 aromatic carbocycles. The third-order valence-electron chi connectivity index (χ3n) is 5.48. The van der Waals surface area contributed by atoms with E-state index in [4.69, 9.17) is 5.73 Å². The lowest BCUT2D eigenvalue weighted by atomic mass is 10.0. The summed E-state index contributed by atoms with van der Waals surface area (Å²) in [6, 6.07) is 14.8. The lowest BCUT2D eigenvalue weighted by Crippen LogP contribution is -2.41. The van der Waals surface area contributed by atoms with E-state index >= 15 is 0 Å². The van der Waals surface area contributed by atoms with Crippen LogP contribution in [-0.2, 0) is 13.1 Å². The Morgan fingerprint density at radius 1 is 1.06 bits per heavy atom. The number of anilines is 2. The van der Waals surface area contributed by atoms with Crippen molar-refractivity contribution in [3.8, 4) is 0 Å². The van der Waals surface area contributed by atoms with Gasteiger partial charge >= 0.3 is 5.69 Å². The molecule has 1 amide bonds. The minimum atomic E-state index is -0.676. The molecule has 1 aromatic heterocycles. The van der Waals surface area contributed by atoms with Gasteiger partial charge < -0.3 is 5.73 Å². The van der Waals surface area contributed by atoms with E-state index in [-0.39, 0.29) is 24.0 Å². The number of nitrogen functional groups attached to an aromatic ring is 1. The number of aromatic amines is 1. The molecule has 0 saturated heterocycles. The average Bonchev–Trinajstić information content (AvgIpc) is 2.75. The van der Waals surface area contributed by atoms with Crippen molar-refractivity contribution in [2.45, 2.75) is 46.7 Å². The third-order valence-corrected chi connectivity index (χ3v) is 5.48. The highest BCUT2D eigenvalue weighted by Gasteiger charge is 2.26. The number of hydrogen-bond acceptors (Lipinski definition) is 4. The number of H-pyrrole nitrogens is 1. The number of nitrogens with one attached hydrogen (secondary N) is 1. The van der Waals surface area contributed by atoms with Crippen molar-refractivity contribution in [2.24, 2.45) is 0 Å². The zero-order chi connectivity index (χ0) is 22.5. The van der Waals surface area contributed by atoms with Crippen molar-refractivity contribution in [3.63, 3.8) is 0 Å². The summed E-state index contributed by atoms with van der Waals surface area (Å²) < 4.78 is 1.33. The van der Waals surface area contributed by atoms with Crippen LogP contribution in [0.15, 0.2) is 58.1 Å².